The lowest BCUT2D eigenvalue weighted by molar-refractivity contribution is -0.162. The molecule has 0 radical (unpaired) electrons. The van der Waals surface area contributed by atoms with Crippen LogP contribution in [0, 0.1) is 23.2 Å². The van der Waals surface area contributed by atoms with E-state index in [1.54, 1.807) is 0 Å². The summed E-state index contributed by atoms with van der Waals surface area (Å²) < 4.78 is 11.2. The van der Waals surface area contributed by atoms with Crippen LogP contribution in [-0.2, 0) is 14.3 Å². The Balaban J connectivity index is 1.85. The number of carbonyl (C=O) groups excluding carboxylic acids is 1. The fourth-order valence-corrected chi connectivity index (χ4v) is 3.13. The zero-order valence-corrected chi connectivity index (χ0v) is 12.9. The number of rotatable bonds is 5. The summed E-state index contributed by atoms with van der Waals surface area (Å²) >= 11 is 0. The van der Waals surface area contributed by atoms with Crippen LogP contribution in [0.25, 0.3) is 0 Å². The van der Waals surface area contributed by atoms with Crippen LogP contribution in [0.5, 0.6) is 0 Å². The molecule has 3 unspecified atom stereocenters. The Morgan fingerprint density at radius 1 is 1.21 bits per heavy atom. The van der Waals surface area contributed by atoms with E-state index in [0.717, 1.165) is 19.3 Å². The Hall–Kier alpha value is -0.570. The maximum atomic E-state index is 12.4. The van der Waals surface area contributed by atoms with Gasteiger partial charge in [0.15, 0.2) is 0 Å². The number of hydrogen-bond donors (Lipinski definition) is 0. The molecule has 1 heterocycles. The van der Waals surface area contributed by atoms with Crippen LogP contribution in [-0.4, -0.2) is 24.8 Å². The molecule has 1 aliphatic carbocycles. The molecular formula is C16H28O3. The second kappa shape index (κ2) is 5.43. The molecule has 2 aliphatic rings. The first-order valence-corrected chi connectivity index (χ1v) is 7.68. The molecule has 19 heavy (non-hydrogen) atoms. The molecule has 0 bridgehead atoms. The molecule has 0 aromatic carbocycles. The lowest BCUT2D eigenvalue weighted by atomic mass is 9.70. The van der Waals surface area contributed by atoms with Crippen molar-refractivity contribution < 1.29 is 14.3 Å². The van der Waals surface area contributed by atoms with E-state index < -0.39 is 0 Å². The SMILES string of the molecule is CC(C)C(C)(C(=O)OCC1CCC2OC2C1)C(C)C. The van der Waals surface area contributed by atoms with E-state index in [0.29, 0.717) is 36.6 Å². The first-order valence-electron chi connectivity index (χ1n) is 7.68. The normalized spacial score (nSPS) is 30.4. The van der Waals surface area contributed by atoms with E-state index in [2.05, 4.69) is 27.7 Å². The quantitative estimate of drug-likeness (QED) is 0.566. The van der Waals surface area contributed by atoms with Gasteiger partial charge in [-0.25, -0.2) is 0 Å². The summed E-state index contributed by atoms with van der Waals surface area (Å²) in [5, 5.41) is 0. The van der Waals surface area contributed by atoms with Crippen molar-refractivity contribution in [3.05, 3.63) is 0 Å². The van der Waals surface area contributed by atoms with Crippen LogP contribution in [0.4, 0.5) is 0 Å². The van der Waals surface area contributed by atoms with E-state index in [1.807, 2.05) is 6.92 Å². The first-order chi connectivity index (χ1) is 8.85. The number of fused-ring (bicyclic) bond motifs is 1. The van der Waals surface area contributed by atoms with Gasteiger partial charge >= 0.3 is 5.97 Å². The zero-order chi connectivity index (χ0) is 14.2. The minimum Gasteiger partial charge on any atom is -0.465 e. The molecular weight excluding hydrogens is 240 g/mol. The van der Waals surface area contributed by atoms with Gasteiger partial charge in [0.2, 0.25) is 0 Å². The topological polar surface area (TPSA) is 38.8 Å². The van der Waals surface area contributed by atoms with Gasteiger partial charge in [-0.3, -0.25) is 4.79 Å². The summed E-state index contributed by atoms with van der Waals surface area (Å²) in [6.45, 7) is 11.0. The average molecular weight is 268 g/mol. The van der Waals surface area contributed by atoms with Crippen LogP contribution in [0.15, 0.2) is 0 Å². The number of esters is 1. The summed E-state index contributed by atoms with van der Waals surface area (Å²) in [5.41, 5.74) is -0.382. The predicted octanol–water partition coefficient (Wildman–Crippen LogP) is 3.42. The molecule has 1 saturated heterocycles. The van der Waals surface area contributed by atoms with Crippen molar-refractivity contribution >= 4 is 5.97 Å². The molecule has 3 nitrogen and oxygen atoms in total. The van der Waals surface area contributed by atoms with Crippen molar-refractivity contribution in [2.45, 2.75) is 66.1 Å². The van der Waals surface area contributed by atoms with E-state index in [1.165, 1.54) is 0 Å². The van der Waals surface area contributed by atoms with E-state index in [-0.39, 0.29) is 11.4 Å². The van der Waals surface area contributed by atoms with Crippen molar-refractivity contribution in [1.82, 2.24) is 0 Å². The van der Waals surface area contributed by atoms with Crippen molar-refractivity contribution in [3.8, 4) is 0 Å². The molecule has 1 aliphatic heterocycles. The van der Waals surface area contributed by atoms with E-state index in [4.69, 9.17) is 9.47 Å². The van der Waals surface area contributed by atoms with Gasteiger partial charge in [-0.15, -0.1) is 0 Å². The van der Waals surface area contributed by atoms with Crippen molar-refractivity contribution in [1.29, 1.82) is 0 Å². The Labute approximate surface area is 117 Å². The highest BCUT2D eigenvalue weighted by Crippen LogP contribution is 2.40. The molecule has 3 heteroatoms. The highest BCUT2D eigenvalue weighted by molar-refractivity contribution is 5.77. The van der Waals surface area contributed by atoms with Gasteiger partial charge in [-0.2, -0.15) is 0 Å². The molecule has 1 saturated carbocycles. The van der Waals surface area contributed by atoms with Crippen LogP contribution >= 0.6 is 0 Å². The molecule has 110 valence electrons. The average Bonchev–Trinajstić information content (AvgIpc) is 3.12. The van der Waals surface area contributed by atoms with Gasteiger partial charge in [-0.1, -0.05) is 27.7 Å². The second-order valence-corrected chi connectivity index (χ2v) is 7.08. The monoisotopic (exact) mass is 268 g/mol. The summed E-state index contributed by atoms with van der Waals surface area (Å²) in [4.78, 5) is 12.4. The van der Waals surface area contributed by atoms with Crippen LogP contribution in [0.2, 0.25) is 0 Å². The Morgan fingerprint density at radius 3 is 2.37 bits per heavy atom. The third-order valence-corrected chi connectivity index (χ3v) is 5.40. The van der Waals surface area contributed by atoms with Crippen LogP contribution in [0.3, 0.4) is 0 Å². The van der Waals surface area contributed by atoms with E-state index in [9.17, 15) is 4.79 Å². The molecule has 0 spiro atoms. The number of epoxide rings is 1. The third-order valence-electron chi connectivity index (χ3n) is 5.40. The van der Waals surface area contributed by atoms with Crippen molar-refractivity contribution in [2.24, 2.45) is 23.2 Å². The highest BCUT2D eigenvalue weighted by atomic mass is 16.6. The minimum absolute atomic E-state index is 0.0312. The Bertz CT molecular complexity index is 327. The van der Waals surface area contributed by atoms with Gasteiger partial charge in [0, 0.05) is 0 Å². The van der Waals surface area contributed by atoms with Gasteiger partial charge in [-0.05, 0) is 43.9 Å². The number of hydrogen-bond acceptors (Lipinski definition) is 3. The fraction of sp³-hybridized carbons (Fsp3) is 0.938. The fourth-order valence-electron chi connectivity index (χ4n) is 3.13. The maximum absolute atomic E-state index is 12.4. The summed E-state index contributed by atoms with van der Waals surface area (Å²) in [7, 11) is 0. The third kappa shape index (κ3) is 2.96. The van der Waals surface area contributed by atoms with Crippen molar-refractivity contribution in [2.75, 3.05) is 6.61 Å². The van der Waals surface area contributed by atoms with Gasteiger partial charge in [0.25, 0.3) is 0 Å². The predicted molar refractivity (Wildman–Crippen MR) is 74.7 cm³/mol. The van der Waals surface area contributed by atoms with Crippen LogP contribution < -0.4 is 0 Å². The Morgan fingerprint density at radius 2 is 1.84 bits per heavy atom. The first kappa shape index (κ1) is 14.8. The largest absolute Gasteiger partial charge is 0.465 e. The molecule has 0 amide bonds. The smallest absolute Gasteiger partial charge is 0.312 e. The number of carbonyl (C=O) groups is 1. The molecule has 3 atom stereocenters. The lowest BCUT2D eigenvalue weighted by Gasteiger charge is -2.35. The molecule has 0 aromatic heterocycles. The van der Waals surface area contributed by atoms with Crippen LogP contribution in [0.1, 0.15) is 53.9 Å². The summed E-state index contributed by atoms with van der Waals surface area (Å²) in [6, 6.07) is 0. The lowest BCUT2D eigenvalue weighted by Crippen LogP contribution is -2.40. The molecule has 0 aromatic rings. The number of ether oxygens (including phenoxy) is 2. The minimum atomic E-state index is -0.382. The van der Waals surface area contributed by atoms with Gasteiger partial charge in [0.05, 0.1) is 24.2 Å². The second-order valence-electron chi connectivity index (χ2n) is 7.08. The van der Waals surface area contributed by atoms with E-state index >= 15 is 0 Å². The van der Waals surface area contributed by atoms with Gasteiger partial charge < -0.3 is 9.47 Å². The van der Waals surface area contributed by atoms with Gasteiger partial charge in [0.1, 0.15) is 0 Å². The van der Waals surface area contributed by atoms with Crippen molar-refractivity contribution in [3.63, 3.8) is 0 Å². The summed E-state index contributed by atoms with van der Waals surface area (Å²) in [5.74, 6) is 1.05. The zero-order valence-electron chi connectivity index (χ0n) is 12.9. The Kier molecular flexibility index (Phi) is 4.24. The molecule has 2 fully saturated rings. The standard InChI is InChI=1S/C16H28O3/c1-10(2)16(5,11(3)4)15(17)18-9-12-6-7-13-14(8-12)19-13/h10-14H,6-9H2,1-5H3. The highest BCUT2D eigenvalue weighted by Gasteiger charge is 2.45. The maximum Gasteiger partial charge on any atom is 0.312 e. The molecule has 2 rings (SSSR count). The summed E-state index contributed by atoms with van der Waals surface area (Å²) in [6.07, 6.45) is 4.31. The molecule has 0 N–H and O–H groups in total.